The van der Waals surface area contributed by atoms with Gasteiger partial charge in [-0.25, -0.2) is 4.39 Å². The summed E-state index contributed by atoms with van der Waals surface area (Å²) in [5.41, 5.74) is 2.88. The summed E-state index contributed by atoms with van der Waals surface area (Å²) in [5, 5.41) is 3.38. The standard InChI is InChI=1S/C23H22FNO4/c1-26-22-12-17(4-8-20(22)29-15-16-2-5-18(24)6-3-16)14-25-19-7-9-21-23(13-19)28-11-10-27-21/h2-9,12-13,25H,10-11,14-15H2,1H3. The minimum atomic E-state index is -0.263. The molecule has 0 saturated carbocycles. The van der Waals surface area contributed by atoms with Crippen molar-refractivity contribution in [3.05, 3.63) is 77.6 Å². The Bertz CT molecular complexity index is 975. The van der Waals surface area contributed by atoms with Crippen LogP contribution in [0.5, 0.6) is 23.0 Å². The molecule has 3 aromatic carbocycles. The van der Waals surface area contributed by atoms with Crippen LogP contribution in [-0.4, -0.2) is 20.3 Å². The molecule has 1 aliphatic rings. The molecule has 1 aliphatic heterocycles. The van der Waals surface area contributed by atoms with Gasteiger partial charge in [-0.15, -0.1) is 0 Å². The molecule has 1 N–H and O–H groups in total. The van der Waals surface area contributed by atoms with Crippen LogP contribution in [0, 0.1) is 5.82 Å². The second kappa shape index (κ2) is 8.73. The van der Waals surface area contributed by atoms with Gasteiger partial charge >= 0.3 is 0 Å². The largest absolute Gasteiger partial charge is 0.493 e. The summed E-state index contributed by atoms with van der Waals surface area (Å²) in [4.78, 5) is 0. The Balaban J connectivity index is 1.39. The van der Waals surface area contributed by atoms with Crippen LogP contribution < -0.4 is 24.3 Å². The molecule has 0 unspecified atom stereocenters. The zero-order chi connectivity index (χ0) is 20.1. The minimum absolute atomic E-state index is 0.263. The lowest BCUT2D eigenvalue weighted by Gasteiger charge is -2.19. The fraction of sp³-hybridized carbons (Fsp3) is 0.217. The number of hydrogen-bond acceptors (Lipinski definition) is 5. The first-order valence-electron chi connectivity index (χ1n) is 9.39. The van der Waals surface area contributed by atoms with Crippen molar-refractivity contribution in [3.63, 3.8) is 0 Å². The van der Waals surface area contributed by atoms with Gasteiger partial charge in [0, 0.05) is 18.3 Å². The number of methoxy groups -OCH3 is 1. The highest BCUT2D eigenvalue weighted by atomic mass is 19.1. The molecule has 0 radical (unpaired) electrons. The molecule has 3 aromatic rings. The number of benzene rings is 3. The number of nitrogens with one attached hydrogen (secondary N) is 1. The lowest BCUT2D eigenvalue weighted by atomic mass is 10.2. The Morgan fingerprint density at radius 1 is 0.862 bits per heavy atom. The first-order chi connectivity index (χ1) is 14.2. The monoisotopic (exact) mass is 395 g/mol. The Morgan fingerprint density at radius 3 is 2.41 bits per heavy atom. The lowest BCUT2D eigenvalue weighted by Crippen LogP contribution is -2.15. The quantitative estimate of drug-likeness (QED) is 0.623. The SMILES string of the molecule is COc1cc(CNc2ccc3c(c2)OCCO3)ccc1OCc1ccc(F)cc1. The molecule has 29 heavy (non-hydrogen) atoms. The molecule has 0 spiro atoms. The molecule has 0 aromatic heterocycles. The molecule has 0 aliphatic carbocycles. The number of halogens is 1. The molecule has 0 bridgehead atoms. The number of fused-ring (bicyclic) bond motifs is 1. The van der Waals surface area contributed by atoms with E-state index in [1.807, 2.05) is 36.4 Å². The summed E-state index contributed by atoms with van der Waals surface area (Å²) in [6.45, 7) is 2.10. The molecule has 4 rings (SSSR count). The smallest absolute Gasteiger partial charge is 0.163 e. The molecule has 0 amide bonds. The molecule has 5 nitrogen and oxygen atoms in total. The van der Waals surface area contributed by atoms with Crippen LogP contribution in [0.3, 0.4) is 0 Å². The Hall–Kier alpha value is -3.41. The van der Waals surface area contributed by atoms with Crippen molar-refractivity contribution in [3.8, 4) is 23.0 Å². The van der Waals surface area contributed by atoms with Crippen LogP contribution in [0.15, 0.2) is 60.7 Å². The van der Waals surface area contributed by atoms with E-state index in [1.165, 1.54) is 12.1 Å². The summed E-state index contributed by atoms with van der Waals surface area (Å²) in [6, 6.07) is 17.8. The minimum Gasteiger partial charge on any atom is -0.493 e. The van der Waals surface area contributed by atoms with Crippen LogP contribution >= 0.6 is 0 Å². The maximum Gasteiger partial charge on any atom is 0.163 e. The molecular formula is C23H22FNO4. The van der Waals surface area contributed by atoms with Gasteiger partial charge in [-0.3, -0.25) is 0 Å². The average Bonchev–Trinajstić information content (AvgIpc) is 2.77. The summed E-state index contributed by atoms with van der Waals surface area (Å²) in [6.07, 6.45) is 0. The van der Waals surface area contributed by atoms with E-state index in [4.69, 9.17) is 18.9 Å². The summed E-state index contributed by atoms with van der Waals surface area (Å²) in [5.74, 6) is 2.55. The normalized spacial score (nSPS) is 12.3. The van der Waals surface area contributed by atoms with E-state index < -0.39 is 0 Å². The van der Waals surface area contributed by atoms with Gasteiger partial charge in [0.05, 0.1) is 7.11 Å². The molecule has 0 saturated heterocycles. The van der Waals surface area contributed by atoms with Gasteiger partial charge in [0.1, 0.15) is 25.6 Å². The van der Waals surface area contributed by atoms with Crippen molar-refractivity contribution in [2.45, 2.75) is 13.2 Å². The first kappa shape index (κ1) is 18.9. The van der Waals surface area contributed by atoms with Gasteiger partial charge in [0.2, 0.25) is 0 Å². The fourth-order valence-corrected chi connectivity index (χ4v) is 3.04. The van der Waals surface area contributed by atoms with Crippen molar-refractivity contribution in [1.82, 2.24) is 0 Å². The van der Waals surface area contributed by atoms with Gasteiger partial charge in [-0.1, -0.05) is 18.2 Å². The Kier molecular flexibility index (Phi) is 5.70. The van der Waals surface area contributed by atoms with Gasteiger partial charge in [0.25, 0.3) is 0 Å². The molecule has 1 heterocycles. The van der Waals surface area contributed by atoms with Gasteiger partial charge in [-0.2, -0.15) is 0 Å². The zero-order valence-corrected chi connectivity index (χ0v) is 16.1. The molecule has 6 heteroatoms. The number of rotatable bonds is 7. The van der Waals surface area contributed by atoms with Crippen molar-refractivity contribution in [2.24, 2.45) is 0 Å². The lowest BCUT2D eigenvalue weighted by molar-refractivity contribution is 0.171. The zero-order valence-electron chi connectivity index (χ0n) is 16.1. The third-order valence-electron chi connectivity index (χ3n) is 4.57. The van der Waals surface area contributed by atoms with E-state index in [9.17, 15) is 4.39 Å². The van der Waals surface area contributed by atoms with Gasteiger partial charge < -0.3 is 24.3 Å². The Morgan fingerprint density at radius 2 is 1.62 bits per heavy atom. The van der Waals surface area contributed by atoms with E-state index >= 15 is 0 Å². The number of hydrogen-bond donors (Lipinski definition) is 1. The second-order valence-electron chi connectivity index (χ2n) is 6.61. The fourth-order valence-electron chi connectivity index (χ4n) is 3.04. The number of anilines is 1. The molecule has 0 fully saturated rings. The highest BCUT2D eigenvalue weighted by molar-refractivity contribution is 5.55. The predicted octanol–water partition coefficient (Wildman–Crippen LogP) is 4.80. The van der Waals surface area contributed by atoms with Crippen molar-refractivity contribution >= 4 is 5.69 Å². The molecular weight excluding hydrogens is 373 g/mol. The highest BCUT2D eigenvalue weighted by Gasteiger charge is 2.12. The van der Waals surface area contributed by atoms with Crippen LogP contribution in [0.25, 0.3) is 0 Å². The van der Waals surface area contributed by atoms with Crippen molar-refractivity contribution in [1.29, 1.82) is 0 Å². The van der Waals surface area contributed by atoms with Crippen molar-refractivity contribution < 1.29 is 23.3 Å². The third-order valence-corrected chi connectivity index (χ3v) is 4.57. The topological polar surface area (TPSA) is 49.0 Å². The second-order valence-corrected chi connectivity index (χ2v) is 6.61. The summed E-state index contributed by atoms with van der Waals surface area (Å²) in [7, 11) is 1.61. The first-order valence-corrected chi connectivity index (χ1v) is 9.39. The van der Waals surface area contributed by atoms with Crippen LogP contribution in [0.4, 0.5) is 10.1 Å². The van der Waals surface area contributed by atoms with E-state index in [0.29, 0.717) is 37.9 Å². The Labute approximate surface area is 169 Å². The van der Waals surface area contributed by atoms with Gasteiger partial charge in [0.15, 0.2) is 23.0 Å². The van der Waals surface area contributed by atoms with E-state index in [2.05, 4.69) is 5.32 Å². The van der Waals surface area contributed by atoms with Crippen LogP contribution in [-0.2, 0) is 13.2 Å². The van der Waals surface area contributed by atoms with Crippen LogP contribution in [0.2, 0.25) is 0 Å². The van der Waals surface area contributed by atoms with E-state index in [0.717, 1.165) is 28.3 Å². The maximum atomic E-state index is 13.0. The van der Waals surface area contributed by atoms with Gasteiger partial charge in [-0.05, 0) is 47.5 Å². The highest BCUT2D eigenvalue weighted by Crippen LogP contribution is 2.33. The number of ether oxygens (including phenoxy) is 4. The molecule has 0 atom stereocenters. The van der Waals surface area contributed by atoms with E-state index in [1.54, 1.807) is 19.2 Å². The maximum absolute atomic E-state index is 13.0. The summed E-state index contributed by atoms with van der Waals surface area (Å²) >= 11 is 0. The third kappa shape index (κ3) is 4.71. The van der Waals surface area contributed by atoms with E-state index in [-0.39, 0.29) is 5.82 Å². The molecule has 150 valence electrons. The average molecular weight is 395 g/mol. The van der Waals surface area contributed by atoms with Crippen LogP contribution in [0.1, 0.15) is 11.1 Å². The predicted molar refractivity (Wildman–Crippen MR) is 108 cm³/mol. The van der Waals surface area contributed by atoms with Crippen molar-refractivity contribution in [2.75, 3.05) is 25.6 Å². The summed E-state index contributed by atoms with van der Waals surface area (Å²) < 4.78 is 35.5.